The predicted octanol–water partition coefficient (Wildman–Crippen LogP) is 5.05. The summed E-state index contributed by atoms with van der Waals surface area (Å²) in [4.78, 5) is 13.4. The van der Waals surface area contributed by atoms with E-state index in [-0.39, 0.29) is 23.4 Å². The third kappa shape index (κ3) is 4.75. The second-order valence-corrected chi connectivity index (χ2v) is 11.3. The van der Waals surface area contributed by atoms with Crippen LogP contribution in [0.5, 0.6) is 5.75 Å². The summed E-state index contributed by atoms with van der Waals surface area (Å²) < 4.78 is 34.2. The highest BCUT2D eigenvalue weighted by molar-refractivity contribution is 7.92. The molecule has 2 aliphatic rings. The number of carbonyl (C=O) groups excluding carboxylic acids is 1. The van der Waals surface area contributed by atoms with Crippen LogP contribution < -0.4 is 14.4 Å². The van der Waals surface area contributed by atoms with Gasteiger partial charge in [0.05, 0.1) is 23.2 Å². The van der Waals surface area contributed by atoms with Crippen LogP contribution in [-0.4, -0.2) is 27.0 Å². The van der Waals surface area contributed by atoms with Gasteiger partial charge in [-0.1, -0.05) is 41.9 Å². The molecule has 182 valence electrons. The van der Waals surface area contributed by atoms with Crippen molar-refractivity contribution >= 4 is 33.2 Å². The Morgan fingerprint density at radius 1 is 1.03 bits per heavy atom. The molecule has 1 heterocycles. The zero-order valence-corrected chi connectivity index (χ0v) is 21.0. The van der Waals surface area contributed by atoms with E-state index in [4.69, 9.17) is 16.3 Å². The van der Waals surface area contributed by atoms with Crippen LogP contribution in [0.1, 0.15) is 42.5 Å². The Bertz CT molecular complexity index is 1360. The minimum atomic E-state index is -3.93. The molecule has 1 aliphatic heterocycles. The fraction of sp³-hybridized carbons (Fsp3) is 0.296. The van der Waals surface area contributed by atoms with Crippen LogP contribution in [0.25, 0.3) is 0 Å². The summed E-state index contributed by atoms with van der Waals surface area (Å²) >= 11 is 5.95. The number of anilines is 1. The average molecular weight is 511 g/mol. The smallest absolute Gasteiger partial charge is 0.264 e. The summed E-state index contributed by atoms with van der Waals surface area (Å²) in [6.45, 7) is 1.80. The van der Waals surface area contributed by atoms with Crippen molar-refractivity contribution in [2.45, 2.75) is 49.6 Å². The van der Waals surface area contributed by atoms with E-state index < -0.39 is 16.1 Å². The molecule has 0 aromatic heterocycles. The number of sulfonamides is 1. The van der Waals surface area contributed by atoms with Crippen LogP contribution in [0.4, 0.5) is 5.69 Å². The van der Waals surface area contributed by atoms with Gasteiger partial charge in [-0.2, -0.15) is 0 Å². The zero-order valence-electron chi connectivity index (χ0n) is 19.4. The molecule has 1 amide bonds. The van der Waals surface area contributed by atoms with Gasteiger partial charge in [0.2, 0.25) is 0 Å². The lowest BCUT2D eigenvalue weighted by Crippen LogP contribution is -2.51. The van der Waals surface area contributed by atoms with E-state index in [9.17, 15) is 13.2 Å². The van der Waals surface area contributed by atoms with Gasteiger partial charge in [-0.05, 0) is 85.7 Å². The molecule has 5 rings (SSSR count). The SMILES string of the molecule is C[C@@H](NC(=O)[C@@H]1CN(S(=O)(=O)c2ccc(Cl)cc2)c2ccccc2O1)c1ccc2c(c1)CCCC2. The molecule has 1 aliphatic carbocycles. The topological polar surface area (TPSA) is 75.7 Å². The number of hydrogen-bond donors (Lipinski definition) is 1. The molecule has 8 heteroatoms. The van der Waals surface area contributed by atoms with Crippen LogP contribution in [0, 0.1) is 0 Å². The lowest BCUT2D eigenvalue weighted by molar-refractivity contribution is -0.128. The third-order valence-electron chi connectivity index (χ3n) is 6.66. The van der Waals surface area contributed by atoms with Crippen molar-refractivity contribution in [3.8, 4) is 5.75 Å². The molecule has 0 spiro atoms. The summed E-state index contributed by atoms with van der Waals surface area (Å²) in [6.07, 6.45) is 3.57. The van der Waals surface area contributed by atoms with Crippen molar-refractivity contribution in [3.63, 3.8) is 0 Å². The van der Waals surface area contributed by atoms with Gasteiger partial charge in [-0.25, -0.2) is 8.42 Å². The number of aryl methyl sites for hydroxylation is 2. The van der Waals surface area contributed by atoms with Crippen LogP contribution >= 0.6 is 11.6 Å². The number of rotatable bonds is 5. The van der Waals surface area contributed by atoms with Crippen LogP contribution in [0.15, 0.2) is 71.6 Å². The van der Waals surface area contributed by atoms with E-state index in [0.717, 1.165) is 18.4 Å². The van der Waals surface area contributed by atoms with Crippen molar-refractivity contribution in [1.29, 1.82) is 0 Å². The number of ether oxygens (including phenoxy) is 1. The molecule has 0 saturated carbocycles. The molecule has 0 bridgehead atoms. The van der Waals surface area contributed by atoms with Crippen LogP contribution in [0.3, 0.4) is 0 Å². The first-order valence-corrected chi connectivity index (χ1v) is 13.6. The van der Waals surface area contributed by atoms with Gasteiger partial charge in [-0.15, -0.1) is 0 Å². The van der Waals surface area contributed by atoms with Gasteiger partial charge in [0.1, 0.15) is 5.75 Å². The van der Waals surface area contributed by atoms with Crippen molar-refractivity contribution in [2.75, 3.05) is 10.8 Å². The number of fused-ring (bicyclic) bond motifs is 2. The minimum absolute atomic E-state index is 0.0974. The Kier molecular flexibility index (Phi) is 6.47. The van der Waals surface area contributed by atoms with E-state index in [1.54, 1.807) is 24.3 Å². The number of nitrogens with zero attached hydrogens (tertiary/aromatic N) is 1. The van der Waals surface area contributed by atoms with Crippen molar-refractivity contribution in [1.82, 2.24) is 5.32 Å². The van der Waals surface area contributed by atoms with E-state index in [1.165, 1.54) is 52.5 Å². The Balaban J connectivity index is 1.38. The van der Waals surface area contributed by atoms with Gasteiger partial charge in [0.25, 0.3) is 15.9 Å². The highest BCUT2D eigenvalue weighted by atomic mass is 35.5. The molecule has 3 aromatic carbocycles. The Morgan fingerprint density at radius 3 is 2.51 bits per heavy atom. The van der Waals surface area contributed by atoms with E-state index in [2.05, 4.69) is 23.5 Å². The molecule has 0 unspecified atom stereocenters. The van der Waals surface area contributed by atoms with Crippen molar-refractivity contribution in [2.24, 2.45) is 0 Å². The molecular formula is C27H27ClN2O4S. The average Bonchev–Trinajstić information content (AvgIpc) is 2.87. The van der Waals surface area contributed by atoms with Gasteiger partial charge >= 0.3 is 0 Å². The molecule has 3 aromatic rings. The summed E-state index contributed by atoms with van der Waals surface area (Å²) in [5.74, 6) is -0.0149. The first-order chi connectivity index (χ1) is 16.8. The maximum Gasteiger partial charge on any atom is 0.264 e. The zero-order chi connectivity index (χ0) is 24.6. The lowest BCUT2D eigenvalue weighted by Gasteiger charge is -2.35. The van der Waals surface area contributed by atoms with E-state index in [1.807, 2.05) is 6.92 Å². The Morgan fingerprint density at radius 2 is 1.74 bits per heavy atom. The number of para-hydroxylation sites is 2. The molecule has 0 radical (unpaired) electrons. The second kappa shape index (κ2) is 9.55. The fourth-order valence-corrected chi connectivity index (χ4v) is 6.31. The monoisotopic (exact) mass is 510 g/mol. The third-order valence-corrected chi connectivity index (χ3v) is 8.71. The number of nitrogens with one attached hydrogen (secondary N) is 1. The summed E-state index contributed by atoms with van der Waals surface area (Å²) in [5, 5.41) is 3.46. The number of carbonyl (C=O) groups is 1. The molecule has 0 fully saturated rings. The number of hydrogen-bond acceptors (Lipinski definition) is 4. The Labute approximate surface area is 210 Å². The Hall–Kier alpha value is -3.03. The van der Waals surface area contributed by atoms with Gasteiger partial charge in [0.15, 0.2) is 6.10 Å². The van der Waals surface area contributed by atoms with Crippen LogP contribution in [0.2, 0.25) is 5.02 Å². The quantitative estimate of drug-likeness (QED) is 0.521. The van der Waals surface area contributed by atoms with Crippen LogP contribution in [-0.2, 0) is 27.7 Å². The van der Waals surface area contributed by atoms with E-state index >= 15 is 0 Å². The van der Waals surface area contributed by atoms with Crippen molar-refractivity contribution in [3.05, 3.63) is 88.4 Å². The molecule has 2 atom stereocenters. The summed E-state index contributed by atoms with van der Waals surface area (Å²) in [5.41, 5.74) is 4.15. The normalized spacial score (nSPS) is 18.1. The summed E-state index contributed by atoms with van der Waals surface area (Å²) in [7, 11) is -3.93. The number of amides is 1. The summed E-state index contributed by atoms with van der Waals surface area (Å²) in [6, 6.07) is 19.0. The van der Waals surface area contributed by atoms with E-state index in [0.29, 0.717) is 16.5 Å². The predicted molar refractivity (Wildman–Crippen MR) is 136 cm³/mol. The fourth-order valence-electron chi connectivity index (χ4n) is 4.71. The molecular weight excluding hydrogens is 484 g/mol. The first-order valence-electron chi connectivity index (χ1n) is 11.8. The van der Waals surface area contributed by atoms with Gasteiger partial charge in [0, 0.05) is 5.02 Å². The van der Waals surface area contributed by atoms with Gasteiger partial charge in [-0.3, -0.25) is 9.10 Å². The number of benzene rings is 3. The minimum Gasteiger partial charge on any atom is -0.476 e. The number of halogens is 1. The second-order valence-electron chi connectivity index (χ2n) is 9.03. The highest BCUT2D eigenvalue weighted by Crippen LogP contribution is 2.37. The maximum absolute atomic E-state index is 13.5. The molecule has 35 heavy (non-hydrogen) atoms. The lowest BCUT2D eigenvalue weighted by atomic mass is 9.89. The molecule has 0 saturated heterocycles. The first kappa shape index (κ1) is 23.7. The molecule has 1 N–H and O–H groups in total. The van der Waals surface area contributed by atoms with Crippen molar-refractivity contribution < 1.29 is 17.9 Å². The maximum atomic E-state index is 13.5. The largest absolute Gasteiger partial charge is 0.476 e. The molecule has 6 nitrogen and oxygen atoms in total. The van der Waals surface area contributed by atoms with Gasteiger partial charge < -0.3 is 10.1 Å². The standard InChI is InChI=1S/C27H27ClN2O4S/c1-18(20-11-10-19-6-2-3-7-21(19)16-20)29-27(31)26-17-30(24-8-4-5-9-25(24)34-26)35(32,33)23-14-12-22(28)13-15-23/h4-5,8-16,18,26H,2-3,6-7,17H2,1H3,(H,29,31)/t18-,26+/m1/s1. The highest BCUT2D eigenvalue weighted by Gasteiger charge is 2.37.